The third kappa shape index (κ3) is 3.40. The molecule has 0 spiro atoms. The van der Waals surface area contributed by atoms with Crippen molar-refractivity contribution < 1.29 is 16.8 Å². The first-order chi connectivity index (χ1) is 9.20. The van der Waals surface area contributed by atoms with Crippen LogP contribution in [0.4, 0.5) is 5.69 Å². The average Bonchev–Trinajstić information content (AvgIpc) is 2.75. The van der Waals surface area contributed by atoms with Crippen LogP contribution >= 0.6 is 27.3 Å². The molecule has 1 aromatic heterocycles. The van der Waals surface area contributed by atoms with Gasteiger partial charge in [0.25, 0.3) is 10.0 Å². The average molecular weight is 396 g/mol. The fourth-order valence-electron chi connectivity index (χ4n) is 1.46. The third-order valence-corrected chi connectivity index (χ3v) is 7.50. The zero-order valence-electron chi connectivity index (χ0n) is 10.2. The molecule has 0 saturated heterocycles. The molecule has 0 fully saturated rings. The predicted octanol–water partition coefficient (Wildman–Crippen LogP) is 2.71. The molecular formula is C11H10BrNO4S3. The van der Waals surface area contributed by atoms with Crippen LogP contribution in [-0.2, 0) is 19.9 Å². The van der Waals surface area contributed by atoms with E-state index in [0.717, 1.165) is 17.6 Å². The van der Waals surface area contributed by atoms with Crippen LogP contribution in [0.2, 0.25) is 0 Å². The Morgan fingerprint density at radius 3 is 2.40 bits per heavy atom. The predicted molar refractivity (Wildman–Crippen MR) is 82.4 cm³/mol. The highest BCUT2D eigenvalue weighted by Gasteiger charge is 2.19. The summed E-state index contributed by atoms with van der Waals surface area (Å²) < 4.78 is 50.2. The Bertz CT molecular complexity index is 840. The minimum atomic E-state index is -3.74. The number of thiophene rings is 1. The molecule has 2 aromatic rings. The zero-order valence-corrected chi connectivity index (χ0v) is 14.2. The quantitative estimate of drug-likeness (QED) is 0.862. The van der Waals surface area contributed by atoms with Gasteiger partial charge in [0, 0.05) is 10.7 Å². The van der Waals surface area contributed by atoms with Gasteiger partial charge >= 0.3 is 0 Å². The van der Waals surface area contributed by atoms with Gasteiger partial charge in [-0.3, -0.25) is 4.72 Å². The van der Waals surface area contributed by atoms with E-state index in [1.54, 1.807) is 11.4 Å². The molecule has 0 aliphatic carbocycles. The van der Waals surface area contributed by atoms with Crippen molar-refractivity contribution in [2.45, 2.75) is 9.10 Å². The summed E-state index contributed by atoms with van der Waals surface area (Å²) in [5, 5.41) is 1.64. The fourth-order valence-corrected chi connectivity index (χ4v) is 5.52. The van der Waals surface area contributed by atoms with Crippen molar-refractivity contribution in [2.75, 3.05) is 11.0 Å². The van der Waals surface area contributed by atoms with Crippen LogP contribution in [0.5, 0.6) is 0 Å². The Morgan fingerprint density at radius 2 is 1.85 bits per heavy atom. The van der Waals surface area contributed by atoms with E-state index in [-0.39, 0.29) is 14.8 Å². The molecule has 0 saturated carbocycles. The molecule has 108 valence electrons. The van der Waals surface area contributed by atoms with E-state index in [4.69, 9.17) is 0 Å². The van der Waals surface area contributed by atoms with E-state index in [2.05, 4.69) is 20.7 Å². The summed E-state index contributed by atoms with van der Waals surface area (Å²) in [5.41, 5.74) is 0.202. The second-order valence-electron chi connectivity index (χ2n) is 3.96. The van der Waals surface area contributed by atoms with Gasteiger partial charge in [0.15, 0.2) is 14.0 Å². The SMILES string of the molecule is CS(=O)(=O)c1cccc(NS(=O)(=O)c2sccc2Br)c1. The van der Waals surface area contributed by atoms with Crippen molar-refractivity contribution in [1.29, 1.82) is 0 Å². The van der Waals surface area contributed by atoms with E-state index in [1.165, 1.54) is 24.3 Å². The van der Waals surface area contributed by atoms with Crippen LogP contribution in [0.1, 0.15) is 0 Å². The maximum Gasteiger partial charge on any atom is 0.272 e. The lowest BCUT2D eigenvalue weighted by atomic mass is 10.3. The highest BCUT2D eigenvalue weighted by Crippen LogP contribution is 2.29. The highest BCUT2D eigenvalue weighted by atomic mass is 79.9. The van der Waals surface area contributed by atoms with E-state index < -0.39 is 19.9 Å². The van der Waals surface area contributed by atoms with Gasteiger partial charge in [-0.05, 0) is 45.6 Å². The summed E-state index contributed by atoms with van der Waals surface area (Å²) in [5.74, 6) is 0. The van der Waals surface area contributed by atoms with Crippen molar-refractivity contribution in [3.63, 3.8) is 0 Å². The maximum atomic E-state index is 12.2. The van der Waals surface area contributed by atoms with Gasteiger partial charge in [-0.2, -0.15) is 0 Å². The van der Waals surface area contributed by atoms with Crippen molar-refractivity contribution >= 4 is 52.8 Å². The monoisotopic (exact) mass is 395 g/mol. The number of nitrogens with one attached hydrogen (secondary N) is 1. The van der Waals surface area contributed by atoms with Gasteiger partial charge in [-0.15, -0.1) is 11.3 Å². The summed E-state index contributed by atoms with van der Waals surface area (Å²) in [7, 11) is -7.12. The lowest BCUT2D eigenvalue weighted by molar-refractivity contribution is 0.599. The van der Waals surface area contributed by atoms with Gasteiger partial charge in [0.2, 0.25) is 0 Å². The molecule has 9 heteroatoms. The van der Waals surface area contributed by atoms with E-state index in [9.17, 15) is 16.8 Å². The second-order valence-corrected chi connectivity index (χ2v) is 9.63. The molecule has 0 unspecified atom stereocenters. The number of hydrogen-bond donors (Lipinski definition) is 1. The number of anilines is 1. The summed E-state index contributed by atoms with van der Waals surface area (Å²) in [6.45, 7) is 0. The van der Waals surface area contributed by atoms with Crippen LogP contribution in [0, 0.1) is 0 Å². The molecule has 0 radical (unpaired) electrons. The zero-order chi connectivity index (χ0) is 15.0. The number of halogens is 1. The van der Waals surface area contributed by atoms with Crippen LogP contribution in [0.15, 0.2) is 49.3 Å². The first-order valence-electron chi connectivity index (χ1n) is 5.26. The molecule has 1 heterocycles. The van der Waals surface area contributed by atoms with Crippen LogP contribution in [-0.4, -0.2) is 23.1 Å². The van der Waals surface area contributed by atoms with Crippen LogP contribution < -0.4 is 4.72 Å². The third-order valence-electron chi connectivity index (χ3n) is 2.34. The summed E-state index contributed by atoms with van der Waals surface area (Å²) in [4.78, 5) is 0.0583. The van der Waals surface area contributed by atoms with Crippen molar-refractivity contribution in [2.24, 2.45) is 0 Å². The largest absolute Gasteiger partial charge is 0.279 e. The normalized spacial score (nSPS) is 12.3. The molecule has 2 rings (SSSR count). The number of sulfone groups is 1. The standard InChI is InChI=1S/C11H10BrNO4S3/c1-19(14,15)9-4-2-3-8(7-9)13-20(16,17)11-10(12)5-6-18-11/h2-7,13H,1H3. The molecule has 0 atom stereocenters. The minimum Gasteiger partial charge on any atom is -0.279 e. The van der Waals surface area contributed by atoms with Crippen molar-refractivity contribution in [3.05, 3.63) is 40.2 Å². The smallest absolute Gasteiger partial charge is 0.272 e. The Balaban J connectivity index is 2.38. The number of hydrogen-bond acceptors (Lipinski definition) is 5. The van der Waals surface area contributed by atoms with E-state index >= 15 is 0 Å². The highest BCUT2D eigenvalue weighted by molar-refractivity contribution is 9.10. The molecule has 5 nitrogen and oxygen atoms in total. The van der Waals surface area contributed by atoms with Crippen molar-refractivity contribution in [3.8, 4) is 0 Å². The second kappa shape index (κ2) is 5.47. The Morgan fingerprint density at radius 1 is 1.15 bits per heavy atom. The molecule has 0 amide bonds. The molecule has 1 N–H and O–H groups in total. The number of rotatable bonds is 4. The lowest BCUT2D eigenvalue weighted by Gasteiger charge is -2.08. The fraction of sp³-hybridized carbons (Fsp3) is 0.0909. The number of sulfonamides is 1. The number of benzene rings is 1. The summed E-state index contributed by atoms with van der Waals surface area (Å²) in [6.07, 6.45) is 1.07. The Kier molecular flexibility index (Phi) is 4.24. The van der Waals surface area contributed by atoms with Crippen molar-refractivity contribution in [1.82, 2.24) is 0 Å². The van der Waals surface area contributed by atoms with E-state index in [0.29, 0.717) is 4.47 Å². The summed E-state index contributed by atoms with van der Waals surface area (Å²) >= 11 is 4.23. The van der Waals surface area contributed by atoms with Crippen LogP contribution in [0.25, 0.3) is 0 Å². The van der Waals surface area contributed by atoms with E-state index in [1.807, 2.05) is 0 Å². The van der Waals surface area contributed by atoms with Gasteiger partial charge in [-0.25, -0.2) is 16.8 Å². The molecule has 0 aliphatic heterocycles. The topological polar surface area (TPSA) is 80.3 Å². The minimum absolute atomic E-state index is 0.0583. The Hall–Kier alpha value is -0.900. The van der Waals surface area contributed by atoms with Gasteiger partial charge in [0.1, 0.15) is 0 Å². The molecular weight excluding hydrogens is 386 g/mol. The maximum absolute atomic E-state index is 12.2. The molecule has 1 aromatic carbocycles. The first kappa shape index (κ1) is 15.5. The molecule has 20 heavy (non-hydrogen) atoms. The van der Waals surface area contributed by atoms with Crippen LogP contribution in [0.3, 0.4) is 0 Å². The first-order valence-corrected chi connectivity index (χ1v) is 10.3. The lowest BCUT2D eigenvalue weighted by Crippen LogP contribution is -2.12. The van der Waals surface area contributed by atoms with Gasteiger partial charge in [0.05, 0.1) is 10.6 Å². The Labute approximate surface area is 129 Å². The molecule has 0 bridgehead atoms. The molecule has 0 aliphatic rings. The van der Waals surface area contributed by atoms with Gasteiger partial charge in [-0.1, -0.05) is 6.07 Å². The van der Waals surface area contributed by atoms with Gasteiger partial charge < -0.3 is 0 Å². The summed E-state index contributed by atoms with van der Waals surface area (Å²) in [6, 6.07) is 7.31.